The molecule has 0 unspecified atom stereocenters. The van der Waals surface area contributed by atoms with Crippen LogP contribution in [0.2, 0.25) is 5.02 Å². The van der Waals surface area contributed by atoms with Crippen LogP contribution in [0, 0.1) is 0 Å². The van der Waals surface area contributed by atoms with Gasteiger partial charge in [0.15, 0.2) is 0 Å². The number of sulfonamides is 1. The Morgan fingerprint density at radius 3 is 2.48 bits per heavy atom. The number of anilines is 1. The molecule has 0 aliphatic heterocycles. The largest absolute Gasteiger partial charge is 0.288 e. The monoisotopic (exact) mass is 379 g/mol. The van der Waals surface area contributed by atoms with Crippen LogP contribution in [-0.4, -0.2) is 27.4 Å². The highest BCUT2D eigenvalue weighted by Crippen LogP contribution is 2.27. The van der Waals surface area contributed by atoms with Crippen LogP contribution in [0.5, 0.6) is 0 Å². The molecular weight excluding hydrogens is 362 g/mol. The molecule has 1 amide bonds. The number of hydrogen-bond acceptors (Lipinski definition) is 4. The van der Waals surface area contributed by atoms with Crippen molar-refractivity contribution in [2.45, 2.75) is 23.8 Å². The minimum absolute atomic E-state index is 0.0391. The molecule has 0 bridgehead atoms. The quantitative estimate of drug-likeness (QED) is 0.756. The molecule has 3 rings (SSSR count). The van der Waals surface area contributed by atoms with Gasteiger partial charge < -0.3 is 0 Å². The van der Waals surface area contributed by atoms with Gasteiger partial charge in [0.25, 0.3) is 5.91 Å². The van der Waals surface area contributed by atoms with Crippen molar-refractivity contribution in [2.24, 2.45) is 0 Å². The lowest BCUT2D eigenvalue weighted by Gasteiger charge is -2.20. The highest BCUT2D eigenvalue weighted by Gasteiger charge is 2.29. The zero-order valence-corrected chi connectivity index (χ0v) is 15.1. The summed E-state index contributed by atoms with van der Waals surface area (Å²) in [6.07, 6.45) is 1.64. The normalized spacial score (nSPS) is 14.2. The number of carbonyl (C=O) groups excluding carboxylic acids is 1. The van der Waals surface area contributed by atoms with Crippen molar-refractivity contribution in [1.29, 1.82) is 0 Å². The Morgan fingerprint density at radius 1 is 1.16 bits per heavy atom. The molecule has 0 radical (unpaired) electrons. The molecule has 8 heteroatoms. The summed E-state index contributed by atoms with van der Waals surface area (Å²) >= 11 is 6.03. The summed E-state index contributed by atoms with van der Waals surface area (Å²) in [5.41, 5.74) is 3.71. The topological polar surface area (TPSA) is 78.5 Å². The van der Waals surface area contributed by atoms with Crippen LogP contribution in [0.1, 0.15) is 23.2 Å². The first kappa shape index (κ1) is 17.7. The minimum atomic E-state index is -3.74. The molecule has 0 atom stereocenters. The van der Waals surface area contributed by atoms with E-state index in [9.17, 15) is 13.2 Å². The van der Waals surface area contributed by atoms with Crippen LogP contribution < -0.4 is 15.2 Å². The van der Waals surface area contributed by atoms with E-state index in [4.69, 9.17) is 11.6 Å². The Balaban J connectivity index is 1.80. The van der Waals surface area contributed by atoms with Gasteiger partial charge >= 0.3 is 0 Å². The van der Waals surface area contributed by atoms with Crippen molar-refractivity contribution in [2.75, 3.05) is 12.1 Å². The number of halogens is 1. The summed E-state index contributed by atoms with van der Waals surface area (Å²) < 4.78 is 27.3. The standard InChI is InChI=1S/C17H18ClN3O3S/c1-21(14-5-3-2-4-6-14)19-17(22)12-7-10-15(18)16(11-12)25(23,24)20-13-8-9-13/h2-7,10-11,13,20H,8-9H2,1H3,(H,19,22). The number of nitrogens with zero attached hydrogens (tertiary/aromatic N) is 1. The third kappa shape index (κ3) is 4.31. The van der Waals surface area contributed by atoms with Gasteiger partial charge in [-0.3, -0.25) is 15.2 Å². The van der Waals surface area contributed by atoms with E-state index in [1.807, 2.05) is 30.3 Å². The van der Waals surface area contributed by atoms with E-state index in [2.05, 4.69) is 10.1 Å². The number of carbonyl (C=O) groups is 1. The Hall–Kier alpha value is -2.09. The Labute approximate surface area is 151 Å². The number of para-hydroxylation sites is 1. The first-order chi connectivity index (χ1) is 11.9. The average molecular weight is 380 g/mol. The van der Waals surface area contributed by atoms with Gasteiger partial charge in [0.1, 0.15) is 4.90 Å². The van der Waals surface area contributed by atoms with Crippen molar-refractivity contribution in [3.8, 4) is 0 Å². The lowest BCUT2D eigenvalue weighted by molar-refractivity contribution is 0.0951. The molecule has 2 aromatic rings. The fourth-order valence-corrected chi connectivity index (χ4v) is 4.10. The fraction of sp³-hybridized carbons (Fsp3) is 0.235. The number of benzene rings is 2. The minimum Gasteiger partial charge on any atom is -0.288 e. The molecule has 2 N–H and O–H groups in total. The molecule has 1 saturated carbocycles. The second kappa shape index (κ2) is 7.03. The number of hydrogen-bond donors (Lipinski definition) is 2. The van der Waals surface area contributed by atoms with Gasteiger partial charge in [0.2, 0.25) is 10.0 Å². The molecule has 0 saturated heterocycles. The smallest absolute Gasteiger partial charge is 0.269 e. The predicted octanol–water partition coefficient (Wildman–Crippen LogP) is 2.56. The number of nitrogens with one attached hydrogen (secondary N) is 2. The molecule has 0 aromatic heterocycles. The summed E-state index contributed by atoms with van der Waals surface area (Å²) in [6, 6.07) is 13.4. The van der Waals surface area contributed by atoms with Gasteiger partial charge in [0, 0.05) is 18.7 Å². The van der Waals surface area contributed by atoms with E-state index in [0.717, 1.165) is 18.5 Å². The van der Waals surface area contributed by atoms with Gasteiger partial charge in [-0.05, 0) is 43.2 Å². The van der Waals surface area contributed by atoms with Crippen LogP contribution in [0.4, 0.5) is 5.69 Å². The Bertz CT molecular complexity index is 883. The highest BCUT2D eigenvalue weighted by molar-refractivity contribution is 7.89. The molecule has 0 heterocycles. The Morgan fingerprint density at radius 2 is 1.84 bits per heavy atom. The van der Waals surface area contributed by atoms with E-state index in [1.165, 1.54) is 18.2 Å². The lowest BCUT2D eigenvalue weighted by atomic mass is 10.2. The first-order valence-electron chi connectivity index (χ1n) is 7.78. The molecule has 1 aliphatic carbocycles. The molecule has 25 heavy (non-hydrogen) atoms. The molecule has 1 aliphatic rings. The van der Waals surface area contributed by atoms with Crippen molar-refractivity contribution in [3.63, 3.8) is 0 Å². The SMILES string of the molecule is CN(NC(=O)c1ccc(Cl)c(S(=O)(=O)NC2CC2)c1)c1ccccc1. The van der Waals surface area contributed by atoms with Crippen molar-refractivity contribution < 1.29 is 13.2 Å². The average Bonchev–Trinajstić information content (AvgIpc) is 3.39. The van der Waals surface area contributed by atoms with Gasteiger partial charge in [-0.2, -0.15) is 0 Å². The predicted molar refractivity (Wildman–Crippen MR) is 97.1 cm³/mol. The van der Waals surface area contributed by atoms with Crippen LogP contribution in [0.3, 0.4) is 0 Å². The van der Waals surface area contributed by atoms with Crippen molar-refractivity contribution in [1.82, 2.24) is 10.1 Å². The van der Waals surface area contributed by atoms with E-state index >= 15 is 0 Å². The zero-order valence-electron chi connectivity index (χ0n) is 13.6. The molecule has 6 nitrogen and oxygen atoms in total. The van der Waals surface area contributed by atoms with E-state index in [1.54, 1.807) is 12.1 Å². The van der Waals surface area contributed by atoms with Gasteiger partial charge in [-0.25, -0.2) is 13.1 Å². The van der Waals surface area contributed by atoms with E-state index in [0.29, 0.717) is 0 Å². The first-order valence-corrected chi connectivity index (χ1v) is 9.64. The van der Waals surface area contributed by atoms with Gasteiger partial charge in [-0.1, -0.05) is 29.8 Å². The fourth-order valence-electron chi connectivity index (χ4n) is 2.27. The summed E-state index contributed by atoms with van der Waals surface area (Å²) in [6.45, 7) is 0. The zero-order chi connectivity index (χ0) is 18.0. The van der Waals surface area contributed by atoms with Crippen LogP contribution in [-0.2, 0) is 10.0 Å². The molecular formula is C17H18ClN3O3S. The highest BCUT2D eigenvalue weighted by atomic mass is 35.5. The van der Waals surface area contributed by atoms with Gasteiger partial charge in [0.05, 0.1) is 10.7 Å². The van der Waals surface area contributed by atoms with Crippen LogP contribution in [0.15, 0.2) is 53.4 Å². The van der Waals surface area contributed by atoms with Crippen molar-refractivity contribution >= 4 is 33.2 Å². The third-order valence-corrected chi connectivity index (χ3v) is 5.80. The summed E-state index contributed by atoms with van der Waals surface area (Å²) in [7, 11) is -2.04. The number of rotatable bonds is 6. The Kier molecular flexibility index (Phi) is 4.99. The van der Waals surface area contributed by atoms with Crippen molar-refractivity contribution in [3.05, 3.63) is 59.1 Å². The second-order valence-electron chi connectivity index (χ2n) is 5.88. The maximum Gasteiger partial charge on any atom is 0.269 e. The van der Waals surface area contributed by atoms with Crippen LogP contribution in [0.25, 0.3) is 0 Å². The second-order valence-corrected chi connectivity index (χ2v) is 7.97. The van der Waals surface area contributed by atoms with E-state index < -0.39 is 15.9 Å². The molecule has 1 fully saturated rings. The maximum atomic E-state index is 12.4. The molecule has 2 aromatic carbocycles. The van der Waals surface area contributed by atoms with E-state index in [-0.39, 0.29) is 21.5 Å². The number of hydrazine groups is 1. The summed E-state index contributed by atoms with van der Waals surface area (Å²) in [5.74, 6) is -0.425. The summed E-state index contributed by atoms with van der Waals surface area (Å²) in [4.78, 5) is 12.4. The van der Waals surface area contributed by atoms with Crippen LogP contribution >= 0.6 is 11.6 Å². The maximum absolute atomic E-state index is 12.4. The van der Waals surface area contributed by atoms with Gasteiger partial charge in [-0.15, -0.1) is 0 Å². The number of amides is 1. The molecule has 132 valence electrons. The lowest BCUT2D eigenvalue weighted by Crippen LogP contribution is -2.39. The molecule has 0 spiro atoms. The third-order valence-electron chi connectivity index (χ3n) is 3.79. The summed E-state index contributed by atoms with van der Waals surface area (Å²) in [5, 5.41) is 1.65.